The van der Waals surface area contributed by atoms with Crippen molar-refractivity contribution >= 4 is 18.4 Å². The quantitative estimate of drug-likeness (QED) is 0.373. The number of nitrogens with one attached hydrogen (secondary N) is 1. The summed E-state index contributed by atoms with van der Waals surface area (Å²) in [6.07, 6.45) is 0.217. The van der Waals surface area contributed by atoms with E-state index in [9.17, 15) is 9.90 Å². The largest absolute Gasteiger partial charge is 0.494 e. The third-order valence-electron chi connectivity index (χ3n) is 3.34. The summed E-state index contributed by atoms with van der Waals surface area (Å²) in [4.78, 5) is 10.5. The maximum Gasteiger partial charge on any atom is 0.341 e. The van der Waals surface area contributed by atoms with Crippen LogP contribution in [0.3, 0.4) is 0 Å². The minimum Gasteiger partial charge on any atom is -0.494 e. The van der Waals surface area contributed by atoms with Crippen molar-refractivity contribution in [3.8, 4) is 17.2 Å². The van der Waals surface area contributed by atoms with Crippen molar-refractivity contribution in [2.45, 2.75) is 12.6 Å². The third kappa shape index (κ3) is 9.14. The summed E-state index contributed by atoms with van der Waals surface area (Å²) in [5.74, 6) is 0.768. The van der Waals surface area contributed by atoms with Gasteiger partial charge in [-0.2, -0.15) is 0 Å². The maximum atomic E-state index is 10.5. The molecule has 2 aromatic carbocycles. The van der Waals surface area contributed by atoms with E-state index in [1.165, 1.54) is 0 Å². The van der Waals surface area contributed by atoms with Crippen LogP contribution in [0.15, 0.2) is 54.6 Å². The molecule has 1 unspecified atom stereocenters. The smallest absolute Gasteiger partial charge is 0.341 e. The van der Waals surface area contributed by atoms with Crippen LogP contribution in [-0.2, 0) is 4.79 Å². The molecule has 0 aliphatic heterocycles. The average molecular weight is 398 g/mol. The molecule has 1 atom stereocenters. The van der Waals surface area contributed by atoms with E-state index >= 15 is 0 Å². The average Bonchev–Trinajstić information content (AvgIpc) is 2.67. The molecule has 2 aromatic rings. The van der Waals surface area contributed by atoms with Crippen LogP contribution in [0.4, 0.5) is 0 Å². The Morgan fingerprint density at radius 2 is 1.59 bits per heavy atom. The van der Waals surface area contributed by atoms with Gasteiger partial charge in [0, 0.05) is 6.54 Å². The fourth-order valence-corrected chi connectivity index (χ4v) is 2.11. The van der Waals surface area contributed by atoms with Crippen molar-refractivity contribution in [2.24, 2.45) is 0 Å². The summed E-state index contributed by atoms with van der Waals surface area (Å²) in [5.41, 5.74) is 0. The Morgan fingerprint density at radius 1 is 0.963 bits per heavy atom. The highest BCUT2D eigenvalue weighted by molar-refractivity contribution is 5.85. The normalized spacial score (nSPS) is 11.1. The monoisotopic (exact) mass is 397 g/mol. The van der Waals surface area contributed by atoms with Gasteiger partial charge in [-0.05, 0) is 42.8 Å². The van der Waals surface area contributed by atoms with Crippen LogP contribution in [0.2, 0.25) is 0 Å². The van der Waals surface area contributed by atoms with Gasteiger partial charge in [-0.3, -0.25) is 5.32 Å². The zero-order valence-electron chi connectivity index (χ0n) is 14.7. The number of rotatable bonds is 12. The first-order valence-electron chi connectivity index (χ1n) is 8.31. The summed E-state index contributed by atoms with van der Waals surface area (Å²) in [6.45, 7) is 0.603. The summed E-state index contributed by atoms with van der Waals surface area (Å²) in [5, 5.41) is 21.1. The highest BCUT2D eigenvalue weighted by Gasteiger charge is 2.08. The summed E-state index contributed by atoms with van der Waals surface area (Å²) < 4.78 is 16.3. The highest BCUT2D eigenvalue weighted by Crippen LogP contribution is 2.18. The number of carboxylic acids is 1. The van der Waals surface area contributed by atoms with E-state index < -0.39 is 18.8 Å². The lowest BCUT2D eigenvalue weighted by atomic mass is 10.3. The van der Waals surface area contributed by atoms with Crippen LogP contribution in [0.5, 0.6) is 17.2 Å². The molecular formula is C19H24ClNO6. The van der Waals surface area contributed by atoms with Crippen LogP contribution in [0, 0.1) is 0 Å². The van der Waals surface area contributed by atoms with E-state index in [1.807, 2.05) is 30.3 Å². The molecule has 0 radical (unpaired) electrons. The van der Waals surface area contributed by atoms with E-state index in [4.69, 9.17) is 19.3 Å². The van der Waals surface area contributed by atoms with Crippen LogP contribution < -0.4 is 19.5 Å². The third-order valence-corrected chi connectivity index (χ3v) is 3.34. The van der Waals surface area contributed by atoms with Crippen LogP contribution in [0.1, 0.15) is 6.42 Å². The van der Waals surface area contributed by atoms with E-state index in [2.05, 4.69) is 5.32 Å². The molecule has 0 saturated carbocycles. The SMILES string of the molecule is Cl.O=C(O)COc1ccc(OC(CO)NCCCOc2ccccc2)cc1. The van der Waals surface area contributed by atoms with Gasteiger partial charge >= 0.3 is 5.97 Å². The highest BCUT2D eigenvalue weighted by atomic mass is 35.5. The molecule has 0 saturated heterocycles. The molecule has 7 nitrogen and oxygen atoms in total. The van der Waals surface area contributed by atoms with Gasteiger partial charge in [0.1, 0.15) is 17.2 Å². The van der Waals surface area contributed by atoms with Gasteiger partial charge in [0.2, 0.25) is 0 Å². The number of hydrogen-bond donors (Lipinski definition) is 3. The van der Waals surface area contributed by atoms with E-state index in [1.54, 1.807) is 24.3 Å². The second-order valence-electron chi connectivity index (χ2n) is 5.41. The Hall–Kier alpha value is -2.48. The lowest BCUT2D eigenvalue weighted by Crippen LogP contribution is -2.38. The molecule has 148 valence electrons. The van der Waals surface area contributed by atoms with E-state index in [0.717, 1.165) is 12.2 Å². The molecule has 27 heavy (non-hydrogen) atoms. The molecule has 0 aromatic heterocycles. The Labute approximate surface area is 164 Å². The van der Waals surface area contributed by atoms with Crippen molar-refractivity contribution in [2.75, 3.05) is 26.4 Å². The zero-order valence-corrected chi connectivity index (χ0v) is 15.6. The number of ether oxygens (including phenoxy) is 3. The number of aliphatic hydroxyl groups excluding tert-OH is 1. The number of aliphatic hydroxyl groups is 1. The molecular weight excluding hydrogens is 374 g/mol. The van der Waals surface area contributed by atoms with Crippen molar-refractivity contribution in [1.82, 2.24) is 5.32 Å². The molecule has 0 spiro atoms. The summed E-state index contributed by atoms with van der Waals surface area (Å²) in [6, 6.07) is 16.1. The summed E-state index contributed by atoms with van der Waals surface area (Å²) >= 11 is 0. The Balaban J connectivity index is 0.00000364. The Morgan fingerprint density at radius 3 is 2.22 bits per heavy atom. The van der Waals surface area contributed by atoms with Crippen LogP contribution in [-0.4, -0.2) is 48.8 Å². The first-order chi connectivity index (χ1) is 12.7. The lowest BCUT2D eigenvalue weighted by Gasteiger charge is -2.18. The number of halogens is 1. The molecule has 0 amide bonds. The molecule has 0 aliphatic carbocycles. The molecule has 0 fully saturated rings. The van der Waals surface area contributed by atoms with Gasteiger partial charge in [0.25, 0.3) is 0 Å². The first-order valence-corrected chi connectivity index (χ1v) is 8.31. The Kier molecular flexibility index (Phi) is 10.7. The number of benzene rings is 2. The van der Waals surface area contributed by atoms with Gasteiger partial charge in [0.05, 0.1) is 13.2 Å². The summed E-state index contributed by atoms with van der Waals surface area (Å²) in [7, 11) is 0. The number of para-hydroxylation sites is 1. The number of aliphatic carboxylic acids is 1. The molecule has 8 heteroatoms. The van der Waals surface area contributed by atoms with Crippen LogP contribution in [0.25, 0.3) is 0 Å². The fraction of sp³-hybridized carbons (Fsp3) is 0.316. The van der Waals surface area contributed by atoms with Gasteiger partial charge < -0.3 is 24.4 Å². The van der Waals surface area contributed by atoms with Crippen molar-refractivity contribution in [3.05, 3.63) is 54.6 Å². The van der Waals surface area contributed by atoms with Gasteiger partial charge in [-0.25, -0.2) is 4.79 Å². The van der Waals surface area contributed by atoms with Gasteiger partial charge in [0.15, 0.2) is 12.8 Å². The number of hydrogen-bond acceptors (Lipinski definition) is 6. The van der Waals surface area contributed by atoms with Crippen LogP contribution >= 0.6 is 12.4 Å². The lowest BCUT2D eigenvalue weighted by molar-refractivity contribution is -0.139. The fourth-order valence-electron chi connectivity index (χ4n) is 2.11. The second kappa shape index (κ2) is 12.8. The molecule has 0 heterocycles. The second-order valence-corrected chi connectivity index (χ2v) is 5.41. The minimum atomic E-state index is -1.04. The standard InChI is InChI=1S/C19H23NO6.ClH/c21-13-18(20-11-4-12-24-15-5-2-1-3-6-15)26-17-9-7-16(8-10-17)25-14-19(22)23;/h1-3,5-10,18,20-21H,4,11-14H2,(H,22,23);1H. The molecule has 0 aliphatic rings. The number of carboxylic acid groups (broad SMARTS) is 1. The molecule has 3 N–H and O–H groups in total. The van der Waals surface area contributed by atoms with Crippen molar-refractivity contribution in [1.29, 1.82) is 0 Å². The number of carbonyl (C=O) groups is 1. The molecule has 2 rings (SSSR count). The molecule has 0 bridgehead atoms. The van der Waals surface area contributed by atoms with Crippen molar-refractivity contribution in [3.63, 3.8) is 0 Å². The van der Waals surface area contributed by atoms with E-state index in [-0.39, 0.29) is 19.0 Å². The van der Waals surface area contributed by atoms with Gasteiger partial charge in [-0.15, -0.1) is 12.4 Å². The predicted molar refractivity (Wildman–Crippen MR) is 103 cm³/mol. The minimum absolute atomic E-state index is 0. The van der Waals surface area contributed by atoms with Gasteiger partial charge in [-0.1, -0.05) is 18.2 Å². The first kappa shape index (κ1) is 22.6. The van der Waals surface area contributed by atoms with E-state index in [0.29, 0.717) is 24.7 Å². The maximum absolute atomic E-state index is 10.5. The predicted octanol–water partition coefficient (Wildman–Crippen LogP) is 2.33. The Bertz CT molecular complexity index is 653. The zero-order chi connectivity index (χ0) is 18.6. The topological polar surface area (TPSA) is 97.3 Å². The van der Waals surface area contributed by atoms with Crippen molar-refractivity contribution < 1.29 is 29.2 Å².